The minimum absolute atomic E-state index is 1.29. The third-order valence-electron chi connectivity index (χ3n) is 1.09. The fraction of sp³-hybridized carbons (Fsp3) is 0.143. The Hall–Kier alpha value is -0.780. The molecule has 0 aliphatic heterocycles. The van der Waals surface area contributed by atoms with Gasteiger partial charge in [-0.1, -0.05) is 18.7 Å². The number of rotatable bonds is 1. The molecule has 0 aromatic carbocycles. The lowest BCUT2D eigenvalue weighted by molar-refractivity contribution is 1.69. The molecule has 1 aliphatic rings. The van der Waals surface area contributed by atoms with Gasteiger partial charge in [-0.3, -0.25) is 0 Å². The van der Waals surface area contributed by atoms with Gasteiger partial charge in [-0.25, -0.2) is 0 Å². The Bertz CT molecular complexity index is 147. The Morgan fingerprint density at radius 1 is 1.71 bits per heavy atom. The Balaban J connectivity index is 2.56. The number of hydrogen-bond acceptors (Lipinski definition) is 0. The highest BCUT2D eigenvalue weighted by atomic mass is 14.1. The average molecular weight is 92.1 g/mol. The highest BCUT2D eigenvalue weighted by Crippen LogP contribution is 2.27. The number of hydrogen-bond donors (Lipinski definition) is 0. The van der Waals surface area contributed by atoms with E-state index >= 15 is 0 Å². The van der Waals surface area contributed by atoms with Crippen LogP contribution in [-0.4, -0.2) is 0 Å². The molecule has 0 heterocycles. The first kappa shape index (κ1) is 4.38. The third-order valence-corrected chi connectivity index (χ3v) is 1.09. The van der Waals surface area contributed by atoms with Gasteiger partial charge in [0, 0.05) is 0 Å². The molecular weight excluding hydrogens is 84.1 g/mol. The molecule has 1 aliphatic carbocycles. The monoisotopic (exact) mass is 92.1 g/mol. The molecule has 0 nitrogen and oxygen atoms in total. The van der Waals surface area contributed by atoms with Gasteiger partial charge in [0.15, 0.2) is 0 Å². The van der Waals surface area contributed by atoms with Crippen molar-refractivity contribution < 1.29 is 0 Å². The van der Waals surface area contributed by atoms with Crippen molar-refractivity contribution in [1.29, 1.82) is 0 Å². The van der Waals surface area contributed by atoms with Crippen LogP contribution in [-0.2, 0) is 0 Å². The van der Waals surface area contributed by atoms with Gasteiger partial charge in [0.1, 0.15) is 0 Å². The van der Waals surface area contributed by atoms with Crippen molar-refractivity contribution in [1.82, 2.24) is 0 Å². The minimum atomic E-state index is 1.29. The smallest absolute Gasteiger partial charge is 0.0187 e. The molecule has 0 N–H and O–H groups in total. The largest absolute Gasteiger partial charge is 0.0984 e. The van der Waals surface area contributed by atoms with Gasteiger partial charge < -0.3 is 0 Å². The lowest BCUT2D eigenvalue weighted by Gasteiger charge is -1.68. The molecule has 0 atom stereocenters. The second-order valence-corrected chi connectivity index (χ2v) is 1.55. The molecule has 36 valence electrons. The van der Waals surface area contributed by atoms with Gasteiger partial charge in [-0.2, -0.15) is 0 Å². The summed E-state index contributed by atoms with van der Waals surface area (Å²) < 4.78 is 0. The fourth-order valence-electron chi connectivity index (χ4n) is 0.558. The van der Waals surface area contributed by atoms with E-state index in [2.05, 4.69) is 18.7 Å². The van der Waals surface area contributed by atoms with E-state index in [9.17, 15) is 0 Å². The van der Waals surface area contributed by atoms with Gasteiger partial charge in [0.2, 0.25) is 0 Å². The van der Waals surface area contributed by atoms with Crippen LogP contribution in [0.4, 0.5) is 0 Å². The molecule has 0 heteroatoms. The molecule has 0 radical (unpaired) electrons. The van der Waals surface area contributed by atoms with Crippen molar-refractivity contribution in [3.05, 3.63) is 36.0 Å². The molecule has 0 saturated carbocycles. The van der Waals surface area contributed by atoms with Crippen LogP contribution in [0, 0.1) is 0 Å². The molecule has 0 aromatic rings. The highest BCUT2D eigenvalue weighted by Gasteiger charge is 2.08. The summed E-state index contributed by atoms with van der Waals surface area (Å²) in [5, 5.41) is 0. The zero-order chi connectivity index (χ0) is 5.28. The summed E-state index contributed by atoms with van der Waals surface area (Å²) >= 11 is 0. The van der Waals surface area contributed by atoms with Gasteiger partial charge in [-0.15, -0.1) is 0 Å². The Morgan fingerprint density at radius 2 is 2.43 bits per heavy atom. The first-order valence-corrected chi connectivity index (χ1v) is 2.39. The summed E-state index contributed by atoms with van der Waals surface area (Å²) in [4.78, 5) is 0. The predicted octanol–water partition coefficient (Wildman–Crippen LogP) is 2.06. The third kappa shape index (κ3) is 0.637. The first-order valence-electron chi connectivity index (χ1n) is 2.39. The van der Waals surface area contributed by atoms with Crippen LogP contribution in [0.5, 0.6) is 0 Å². The minimum Gasteiger partial charge on any atom is -0.0984 e. The summed E-state index contributed by atoms with van der Waals surface area (Å²) in [7, 11) is 0. The van der Waals surface area contributed by atoms with Crippen molar-refractivity contribution in [3.63, 3.8) is 0 Å². The predicted molar refractivity (Wildman–Crippen MR) is 32.0 cm³/mol. The molecule has 1 rings (SSSR count). The summed E-state index contributed by atoms with van der Waals surface area (Å²) in [6.07, 6.45) is 6.05. The van der Waals surface area contributed by atoms with Crippen molar-refractivity contribution in [3.8, 4) is 0 Å². The zero-order valence-corrected chi connectivity index (χ0v) is 4.44. The van der Waals surface area contributed by atoms with Crippen LogP contribution in [0.2, 0.25) is 0 Å². The van der Waals surface area contributed by atoms with Crippen molar-refractivity contribution in [2.75, 3.05) is 0 Å². The van der Waals surface area contributed by atoms with E-state index < -0.39 is 0 Å². The molecule has 0 unspecified atom stereocenters. The van der Waals surface area contributed by atoms with E-state index in [1.807, 2.05) is 13.0 Å². The van der Waals surface area contributed by atoms with Crippen LogP contribution >= 0.6 is 0 Å². The van der Waals surface area contributed by atoms with E-state index in [0.717, 1.165) is 0 Å². The van der Waals surface area contributed by atoms with Crippen molar-refractivity contribution >= 4 is 0 Å². The molecule has 0 fully saturated rings. The maximum absolute atomic E-state index is 3.61. The molecule has 0 saturated heterocycles. The van der Waals surface area contributed by atoms with E-state index in [0.29, 0.717) is 0 Å². The molecule has 0 aromatic heterocycles. The normalized spacial score (nSPS) is 21.9. The molecule has 0 amide bonds. The molecular formula is C7H8. The highest BCUT2D eigenvalue weighted by molar-refractivity contribution is 5.62. The quantitative estimate of drug-likeness (QED) is 0.464. The molecule has 0 spiro atoms. The van der Waals surface area contributed by atoms with E-state index in [1.54, 1.807) is 0 Å². The maximum Gasteiger partial charge on any atom is -0.0187 e. The van der Waals surface area contributed by atoms with Crippen LogP contribution < -0.4 is 0 Å². The van der Waals surface area contributed by atoms with E-state index in [-0.39, 0.29) is 0 Å². The summed E-state index contributed by atoms with van der Waals surface area (Å²) in [5.41, 5.74) is 2.64. The molecule has 7 heavy (non-hydrogen) atoms. The maximum atomic E-state index is 3.61. The summed E-state index contributed by atoms with van der Waals surface area (Å²) in [5.74, 6) is 0. The number of allylic oxidation sites excluding steroid dienone is 5. The Labute approximate surface area is 43.9 Å². The van der Waals surface area contributed by atoms with Gasteiger partial charge in [-0.05, 0) is 24.1 Å². The van der Waals surface area contributed by atoms with E-state index in [4.69, 9.17) is 0 Å². The van der Waals surface area contributed by atoms with Crippen LogP contribution in [0.25, 0.3) is 0 Å². The van der Waals surface area contributed by atoms with Crippen LogP contribution in [0.1, 0.15) is 6.92 Å². The average Bonchev–Trinajstić information content (AvgIpc) is 2.43. The second kappa shape index (κ2) is 1.38. The molecule has 0 bridgehead atoms. The standard InChI is InChI=1S/C7H8/c1-3-6-5-7(6)4-2/h3-5H,1H2,2H3/b7-4+. The summed E-state index contributed by atoms with van der Waals surface area (Å²) in [6.45, 7) is 5.64. The lowest BCUT2D eigenvalue weighted by atomic mass is 10.4. The van der Waals surface area contributed by atoms with Gasteiger partial charge in [0.25, 0.3) is 0 Å². The second-order valence-electron chi connectivity index (χ2n) is 1.55. The lowest BCUT2D eigenvalue weighted by Crippen LogP contribution is -1.49. The van der Waals surface area contributed by atoms with Gasteiger partial charge in [0.05, 0.1) is 0 Å². The Kier molecular flexibility index (Phi) is 0.861. The van der Waals surface area contributed by atoms with Gasteiger partial charge >= 0.3 is 0 Å². The van der Waals surface area contributed by atoms with Crippen molar-refractivity contribution in [2.24, 2.45) is 0 Å². The first-order chi connectivity index (χ1) is 3.38. The topological polar surface area (TPSA) is 0 Å². The summed E-state index contributed by atoms with van der Waals surface area (Å²) in [6, 6.07) is 0. The van der Waals surface area contributed by atoms with Crippen LogP contribution in [0.15, 0.2) is 36.0 Å². The zero-order valence-electron chi connectivity index (χ0n) is 4.44. The SMILES string of the molecule is C=CC1=CC/1=C\C. The fourth-order valence-corrected chi connectivity index (χ4v) is 0.558. The Morgan fingerprint density at radius 3 is 2.57 bits per heavy atom. The van der Waals surface area contributed by atoms with Crippen molar-refractivity contribution in [2.45, 2.75) is 6.92 Å². The van der Waals surface area contributed by atoms with E-state index in [1.165, 1.54) is 11.1 Å². The van der Waals surface area contributed by atoms with Crippen LogP contribution in [0.3, 0.4) is 0 Å².